The van der Waals surface area contributed by atoms with Crippen LogP contribution < -0.4 is 20.8 Å². The van der Waals surface area contributed by atoms with Gasteiger partial charge in [-0.15, -0.1) is 0 Å². The lowest BCUT2D eigenvalue weighted by Crippen LogP contribution is -2.32. The normalized spacial score (nSPS) is 10.4. The van der Waals surface area contributed by atoms with Gasteiger partial charge in [0.05, 0.1) is 12.5 Å². The summed E-state index contributed by atoms with van der Waals surface area (Å²) in [5.41, 5.74) is 1.67. The first-order valence-corrected chi connectivity index (χ1v) is 7.80. The van der Waals surface area contributed by atoms with E-state index >= 15 is 0 Å². The molecule has 0 spiro atoms. The maximum absolute atomic E-state index is 12.5. The first-order chi connectivity index (χ1) is 12.2. The fourth-order valence-corrected chi connectivity index (χ4v) is 2.45. The van der Waals surface area contributed by atoms with Gasteiger partial charge in [-0.05, 0) is 42.3 Å². The number of fused-ring (bicyclic) bond motifs is 1. The van der Waals surface area contributed by atoms with Crippen LogP contribution in [0.5, 0.6) is 5.75 Å². The summed E-state index contributed by atoms with van der Waals surface area (Å²) in [5, 5.41) is 5.76. The van der Waals surface area contributed by atoms with Crippen molar-refractivity contribution in [2.75, 3.05) is 19.0 Å². The van der Waals surface area contributed by atoms with E-state index in [1.54, 1.807) is 30.6 Å². The highest BCUT2D eigenvalue weighted by Gasteiger charge is 2.09. The summed E-state index contributed by atoms with van der Waals surface area (Å²) in [5.74, 6) is 0.581. The molecule has 0 saturated carbocycles. The van der Waals surface area contributed by atoms with Crippen LogP contribution in [0.15, 0.2) is 53.7 Å². The van der Waals surface area contributed by atoms with Gasteiger partial charge in [-0.1, -0.05) is 0 Å². The number of H-pyrrole nitrogens is 1. The van der Waals surface area contributed by atoms with Gasteiger partial charge in [-0.3, -0.25) is 9.78 Å². The Hall–Kier alpha value is -3.35. The predicted molar refractivity (Wildman–Crippen MR) is 96.1 cm³/mol. The summed E-state index contributed by atoms with van der Waals surface area (Å²) in [6.07, 6.45) is 5.58. The molecule has 0 aliphatic rings. The molecule has 0 atom stereocenters. The molecule has 2 aromatic heterocycles. The summed E-state index contributed by atoms with van der Waals surface area (Å²) in [7, 11) is 1.54. The molecule has 3 N–H and O–H groups in total. The number of amides is 2. The van der Waals surface area contributed by atoms with E-state index < -0.39 is 6.03 Å². The molecule has 7 nitrogen and oxygen atoms in total. The average molecular weight is 338 g/mol. The number of hydrogen-bond acceptors (Lipinski definition) is 4. The summed E-state index contributed by atoms with van der Waals surface area (Å²) < 4.78 is 5.14. The van der Waals surface area contributed by atoms with Crippen LogP contribution in [0, 0.1) is 0 Å². The molecule has 0 bridgehead atoms. The molecule has 128 valence electrons. The number of pyridine rings is 2. The molecule has 3 aromatic rings. The predicted octanol–water partition coefficient (Wildman–Crippen LogP) is 2.30. The molecule has 25 heavy (non-hydrogen) atoms. The van der Waals surface area contributed by atoms with Gasteiger partial charge < -0.3 is 20.4 Å². The number of nitrogens with zero attached hydrogens (tertiary/aromatic N) is 1. The number of benzene rings is 1. The van der Waals surface area contributed by atoms with Crippen LogP contribution >= 0.6 is 0 Å². The maximum atomic E-state index is 12.5. The monoisotopic (exact) mass is 338 g/mol. The van der Waals surface area contributed by atoms with E-state index in [9.17, 15) is 9.59 Å². The molecule has 1 aromatic carbocycles. The Morgan fingerprint density at radius 3 is 2.80 bits per heavy atom. The second-order valence-corrected chi connectivity index (χ2v) is 5.43. The smallest absolute Gasteiger partial charge is 0.319 e. The number of anilines is 1. The minimum atomic E-state index is -0.429. The molecule has 0 aliphatic heterocycles. The number of nitrogens with one attached hydrogen (secondary N) is 3. The third-order valence-electron chi connectivity index (χ3n) is 3.78. The van der Waals surface area contributed by atoms with Crippen molar-refractivity contribution in [3.8, 4) is 5.75 Å². The zero-order chi connectivity index (χ0) is 17.6. The molecule has 0 aliphatic carbocycles. The van der Waals surface area contributed by atoms with Gasteiger partial charge in [0.1, 0.15) is 11.4 Å². The van der Waals surface area contributed by atoms with Crippen molar-refractivity contribution >= 4 is 22.6 Å². The summed E-state index contributed by atoms with van der Waals surface area (Å²) in [6, 6.07) is 8.51. The Labute approximate surface area is 144 Å². The van der Waals surface area contributed by atoms with E-state index in [1.807, 2.05) is 12.1 Å². The second kappa shape index (κ2) is 7.48. The standard InChI is InChI=1S/C18H18N4O3/c1-25-13-2-3-15-14(10-13)17(23)16(11-21-15)22-18(24)20-9-6-12-4-7-19-8-5-12/h2-5,7-8,10-11H,6,9H2,1H3,(H,21,23)(H2,20,22,24). The quantitative estimate of drug-likeness (QED) is 0.665. The van der Waals surface area contributed by atoms with Gasteiger partial charge in [0.2, 0.25) is 5.43 Å². The number of rotatable bonds is 5. The Bertz CT molecular complexity index is 938. The van der Waals surface area contributed by atoms with Crippen LogP contribution in [0.1, 0.15) is 5.56 Å². The zero-order valence-corrected chi connectivity index (χ0v) is 13.7. The molecule has 7 heteroatoms. The molecule has 0 fully saturated rings. The third-order valence-corrected chi connectivity index (χ3v) is 3.78. The Morgan fingerprint density at radius 1 is 1.24 bits per heavy atom. The van der Waals surface area contributed by atoms with Crippen LogP contribution in [-0.4, -0.2) is 29.7 Å². The van der Waals surface area contributed by atoms with E-state index in [0.29, 0.717) is 29.6 Å². The maximum Gasteiger partial charge on any atom is 0.319 e. The van der Waals surface area contributed by atoms with Gasteiger partial charge in [-0.2, -0.15) is 0 Å². The lowest BCUT2D eigenvalue weighted by molar-refractivity contribution is 0.252. The van der Waals surface area contributed by atoms with Crippen molar-refractivity contribution < 1.29 is 9.53 Å². The number of aromatic nitrogens is 2. The molecule has 0 saturated heterocycles. The van der Waals surface area contributed by atoms with Crippen molar-refractivity contribution in [1.29, 1.82) is 0 Å². The van der Waals surface area contributed by atoms with Crippen molar-refractivity contribution in [3.05, 3.63) is 64.7 Å². The number of aromatic amines is 1. The van der Waals surface area contributed by atoms with E-state index in [2.05, 4.69) is 20.6 Å². The SMILES string of the molecule is COc1ccc2[nH]cc(NC(=O)NCCc3ccncc3)c(=O)c2c1. The van der Waals surface area contributed by atoms with E-state index in [-0.39, 0.29) is 11.1 Å². The summed E-state index contributed by atoms with van der Waals surface area (Å²) in [4.78, 5) is 31.4. The number of carbonyl (C=O) groups is 1. The molecule has 0 unspecified atom stereocenters. The average Bonchev–Trinajstić information content (AvgIpc) is 2.65. The summed E-state index contributed by atoms with van der Waals surface area (Å²) in [6.45, 7) is 0.454. The Balaban J connectivity index is 1.66. The first kappa shape index (κ1) is 16.5. The van der Waals surface area contributed by atoms with E-state index in [4.69, 9.17) is 4.74 Å². The third kappa shape index (κ3) is 3.95. The van der Waals surface area contributed by atoms with Gasteiger partial charge in [0.15, 0.2) is 0 Å². The Morgan fingerprint density at radius 2 is 2.04 bits per heavy atom. The van der Waals surface area contributed by atoms with E-state index in [1.165, 1.54) is 13.3 Å². The lowest BCUT2D eigenvalue weighted by atomic mass is 10.2. The van der Waals surface area contributed by atoms with Crippen LogP contribution in [0.2, 0.25) is 0 Å². The van der Waals surface area contributed by atoms with Gasteiger partial charge in [0.25, 0.3) is 0 Å². The number of ether oxygens (including phenoxy) is 1. The van der Waals surface area contributed by atoms with Crippen molar-refractivity contribution in [2.24, 2.45) is 0 Å². The largest absolute Gasteiger partial charge is 0.497 e. The fourth-order valence-electron chi connectivity index (χ4n) is 2.45. The Kier molecular flexibility index (Phi) is 4.94. The van der Waals surface area contributed by atoms with Crippen LogP contribution in [0.4, 0.5) is 10.5 Å². The van der Waals surface area contributed by atoms with Crippen LogP contribution in [-0.2, 0) is 6.42 Å². The second-order valence-electron chi connectivity index (χ2n) is 5.43. The number of hydrogen-bond donors (Lipinski definition) is 3. The highest BCUT2D eigenvalue weighted by atomic mass is 16.5. The number of carbonyl (C=O) groups excluding carboxylic acids is 1. The molecule has 3 rings (SSSR count). The van der Waals surface area contributed by atoms with Crippen molar-refractivity contribution in [3.63, 3.8) is 0 Å². The topological polar surface area (TPSA) is 96.1 Å². The minimum Gasteiger partial charge on any atom is -0.497 e. The lowest BCUT2D eigenvalue weighted by Gasteiger charge is -2.08. The van der Waals surface area contributed by atoms with Crippen LogP contribution in [0.25, 0.3) is 10.9 Å². The number of urea groups is 1. The number of methoxy groups -OCH3 is 1. The molecular weight excluding hydrogens is 320 g/mol. The molecule has 0 radical (unpaired) electrons. The first-order valence-electron chi connectivity index (χ1n) is 7.80. The molecule has 2 heterocycles. The van der Waals surface area contributed by atoms with Crippen molar-refractivity contribution in [1.82, 2.24) is 15.3 Å². The van der Waals surface area contributed by atoms with E-state index in [0.717, 1.165) is 5.56 Å². The zero-order valence-electron chi connectivity index (χ0n) is 13.7. The highest BCUT2D eigenvalue weighted by Crippen LogP contribution is 2.17. The molecule has 2 amide bonds. The molecular formula is C18H18N4O3. The fraction of sp³-hybridized carbons (Fsp3) is 0.167. The van der Waals surface area contributed by atoms with Gasteiger partial charge in [-0.25, -0.2) is 4.79 Å². The highest BCUT2D eigenvalue weighted by molar-refractivity contribution is 5.92. The van der Waals surface area contributed by atoms with Crippen molar-refractivity contribution in [2.45, 2.75) is 6.42 Å². The van der Waals surface area contributed by atoms with Crippen LogP contribution in [0.3, 0.4) is 0 Å². The van der Waals surface area contributed by atoms with Gasteiger partial charge >= 0.3 is 6.03 Å². The minimum absolute atomic E-state index is 0.183. The summed E-state index contributed by atoms with van der Waals surface area (Å²) >= 11 is 0. The van der Waals surface area contributed by atoms with Gasteiger partial charge in [0, 0.05) is 30.7 Å².